The third kappa shape index (κ3) is 6.79. The van der Waals surface area contributed by atoms with Crippen LogP contribution in [-0.2, 0) is 20.9 Å². The molecule has 0 aliphatic carbocycles. The first-order chi connectivity index (χ1) is 14.6. The minimum absolute atomic E-state index is 0.354. The third-order valence-corrected chi connectivity index (χ3v) is 4.42. The van der Waals surface area contributed by atoms with E-state index in [2.05, 4.69) is 5.32 Å². The molecule has 3 rings (SSSR count). The molecule has 6 heteroatoms. The Hall–Kier alpha value is -3.57. The number of hydrogen-bond donors (Lipinski definition) is 1. The van der Waals surface area contributed by atoms with E-state index in [1.807, 2.05) is 42.5 Å². The van der Waals surface area contributed by atoms with Crippen LogP contribution in [0.4, 0.5) is 5.69 Å². The summed E-state index contributed by atoms with van der Waals surface area (Å²) in [6.07, 6.45) is 2.88. The first-order valence-corrected chi connectivity index (χ1v) is 9.64. The zero-order valence-electron chi connectivity index (χ0n) is 16.1. The molecule has 3 aromatic rings. The van der Waals surface area contributed by atoms with Gasteiger partial charge in [0.2, 0.25) is 0 Å². The van der Waals surface area contributed by atoms with Gasteiger partial charge >= 0.3 is 5.97 Å². The highest BCUT2D eigenvalue weighted by atomic mass is 35.5. The van der Waals surface area contributed by atoms with Crippen molar-refractivity contribution in [1.82, 2.24) is 0 Å². The van der Waals surface area contributed by atoms with Crippen molar-refractivity contribution < 1.29 is 19.1 Å². The number of benzene rings is 3. The predicted octanol–water partition coefficient (Wildman–Crippen LogP) is 5.11. The van der Waals surface area contributed by atoms with E-state index in [9.17, 15) is 9.59 Å². The van der Waals surface area contributed by atoms with E-state index in [-0.39, 0.29) is 6.61 Å². The van der Waals surface area contributed by atoms with E-state index >= 15 is 0 Å². The number of para-hydroxylation sites is 1. The summed E-state index contributed by atoms with van der Waals surface area (Å²) in [6, 6.07) is 23.7. The Morgan fingerprint density at radius 2 is 1.60 bits per heavy atom. The topological polar surface area (TPSA) is 64.6 Å². The van der Waals surface area contributed by atoms with E-state index in [4.69, 9.17) is 21.1 Å². The van der Waals surface area contributed by atoms with Gasteiger partial charge in [-0.3, -0.25) is 4.79 Å². The molecular formula is C24H20ClNO4. The second kappa shape index (κ2) is 10.8. The van der Waals surface area contributed by atoms with Crippen molar-refractivity contribution in [2.24, 2.45) is 0 Å². The van der Waals surface area contributed by atoms with Gasteiger partial charge in [0.25, 0.3) is 5.91 Å². The highest BCUT2D eigenvalue weighted by Crippen LogP contribution is 2.19. The number of hydrogen-bond acceptors (Lipinski definition) is 4. The van der Waals surface area contributed by atoms with Gasteiger partial charge in [0.15, 0.2) is 6.61 Å². The Bertz CT molecular complexity index is 1020. The molecule has 0 saturated heterocycles. The van der Waals surface area contributed by atoms with Gasteiger partial charge < -0.3 is 14.8 Å². The normalized spacial score (nSPS) is 10.6. The number of nitrogens with one attached hydrogen (secondary N) is 1. The summed E-state index contributed by atoms with van der Waals surface area (Å²) in [5.41, 5.74) is 2.35. The summed E-state index contributed by atoms with van der Waals surface area (Å²) in [7, 11) is 0. The van der Waals surface area contributed by atoms with Crippen LogP contribution in [0.25, 0.3) is 6.08 Å². The third-order valence-electron chi connectivity index (χ3n) is 4.05. The fourth-order valence-corrected chi connectivity index (χ4v) is 2.71. The van der Waals surface area contributed by atoms with Crippen LogP contribution in [0.15, 0.2) is 84.9 Å². The standard InChI is InChI=1S/C24H20ClNO4/c25-22-9-5-4-6-19(22)16-29-21-13-10-18(11-14-21)12-15-24(28)30-17-23(27)26-20-7-2-1-3-8-20/h1-15H,16-17H2,(H,26,27)/b15-12+. The lowest BCUT2D eigenvalue weighted by atomic mass is 10.2. The lowest BCUT2D eigenvalue weighted by Crippen LogP contribution is -2.20. The molecule has 0 heterocycles. The second-order valence-electron chi connectivity index (χ2n) is 6.30. The summed E-state index contributed by atoms with van der Waals surface area (Å²) in [6.45, 7) is 0.0130. The summed E-state index contributed by atoms with van der Waals surface area (Å²) >= 11 is 6.11. The van der Waals surface area contributed by atoms with Crippen molar-refractivity contribution >= 4 is 35.2 Å². The smallest absolute Gasteiger partial charge is 0.331 e. The van der Waals surface area contributed by atoms with Gasteiger partial charge in [-0.2, -0.15) is 0 Å². The van der Waals surface area contributed by atoms with Crippen LogP contribution >= 0.6 is 11.6 Å². The number of ether oxygens (including phenoxy) is 2. The predicted molar refractivity (Wildman–Crippen MR) is 117 cm³/mol. The van der Waals surface area contributed by atoms with Gasteiger partial charge in [-0.25, -0.2) is 4.79 Å². The molecule has 0 unspecified atom stereocenters. The molecule has 0 bridgehead atoms. The van der Waals surface area contributed by atoms with Crippen molar-refractivity contribution in [3.05, 3.63) is 101 Å². The Balaban J connectivity index is 1.43. The molecule has 1 N–H and O–H groups in total. The van der Waals surface area contributed by atoms with Crippen LogP contribution in [-0.4, -0.2) is 18.5 Å². The number of carbonyl (C=O) groups excluding carboxylic acids is 2. The van der Waals surface area contributed by atoms with E-state index < -0.39 is 11.9 Å². The molecule has 30 heavy (non-hydrogen) atoms. The zero-order chi connectivity index (χ0) is 21.2. The summed E-state index contributed by atoms with van der Waals surface area (Å²) in [5.74, 6) is -0.313. The SMILES string of the molecule is O=C(COC(=O)/C=C/c1ccc(OCc2ccccc2Cl)cc1)Nc1ccccc1. The maximum absolute atomic E-state index is 11.8. The van der Waals surface area contributed by atoms with Crippen LogP contribution in [0.1, 0.15) is 11.1 Å². The minimum atomic E-state index is -0.600. The van der Waals surface area contributed by atoms with Crippen molar-refractivity contribution in [3.63, 3.8) is 0 Å². The monoisotopic (exact) mass is 421 g/mol. The molecule has 152 valence electrons. The van der Waals surface area contributed by atoms with Gasteiger partial charge in [0.05, 0.1) is 0 Å². The number of anilines is 1. The number of halogens is 1. The fraction of sp³-hybridized carbons (Fsp3) is 0.0833. The van der Waals surface area contributed by atoms with Gasteiger partial charge in [-0.1, -0.05) is 60.1 Å². The van der Waals surface area contributed by atoms with E-state index in [1.54, 1.807) is 42.5 Å². The quantitative estimate of drug-likeness (QED) is 0.405. The number of esters is 1. The number of amides is 1. The van der Waals surface area contributed by atoms with Crippen LogP contribution in [0.3, 0.4) is 0 Å². The van der Waals surface area contributed by atoms with Gasteiger partial charge in [0.1, 0.15) is 12.4 Å². The molecule has 0 aliphatic rings. The molecule has 0 saturated carbocycles. The van der Waals surface area contributed by atoms with Crippen molar-refractivity contribution in [2.45, 2.75) is 6.61 Å². The first-order valence-electron chi connectivity index (χ1n) is 9.26. The zero-order valence-corrected chi connectivity index (χ0v) is 16.8. The first kappa shape index (κ1) is 21.1. The van der Waals surface area contributed by atoms with Gasteiger partial charge in [-0.05, 0) is 42.0 Å². The average molecular weight is 422 g/mol. The molecule has 0 aromatic heterocycles. The molecule has 0 spiro atoms. The van der Waals surface area contributed by atoms with E-state index in [0.717, 1.165) is 11.1 Å². The van der Waals surface area contributed by atoms with Crippen molar-refractivity contribution in [3.8, 4) is 5.75 Å². The lowest BCUT2D eigenvalue weighted by Gasteiger charge is -2.08. The molecule has 0 radical (unpaired) electrons. The Morgan fingerprint density at radius 3 is 2.33 bits per heavy atom. The van der Waals surface area contributed by atoms with Crippen LogP contribution in [0.2, 0.25) is 5.02 Å². The van der Waals surface area contributed by atoms with Crippen molar-refractivity contribution in [1.29, 1.82) is 0 Å². The van der Waals surface area contributed by atoms with Crippen LogP contribution < -0.4 is 10.1 Å². The maximum atomic E-state index is 11.8. The van der Waals surface area contributed by atoms with Crippen LogP contribution in [0.5, 0.6) is 5.75 Å². The Kier molecular flexibility index (Phi) is 7.64. The van der Waals surface area contributed by atoms with E-state index in [0.29, 0.717) is 23.1 Å². The van der Waals surface area contributed by atoms with Gasteiger partial charge in [-0.15, -0.1) is 0 Å². The fourth-order valence-electron chi connectivity index (χ4n) is 2.52. The molecule has 0 atom stereocenters. The van der Waals surface area contributed by atoms with Gasteiger partial charge in [0, 0.05) is 22.3 Å². The Morgan fingerprint density at radius 1 is 0.900 bits per heavy atom. The number of carbonyl (C=O) groups is 2. The Labute approximate surface area is 179 Å². The molecule has 0 fully saturated rings. The highest BCUT2D eigenvalue weighted by Gasteiger charge is 2.05. The van der Waals surface area contributed by atoms with Crippen molar-refractivity contribution in [2.75, 3.05) is 11.9 Å². The summed E-state index contributed by atoms with van der Waals surface area (Å²) in [4.78, 5) is 23.6. The average Bonchev–Trinajstić information content (AvgIpc) is 2.77. The molecule has 3 aromatic carbocycles. The molecular weight excluding hydrogens is 402 g/mol. The molecule has 1 amide bonds. The highest BCUT2D eigenvalue weighted by molar-refractivity contribution is 6.31. The summed E-state index contributed by atoms with van der Waals surface area (Å²) in [5, 5.41) is 3.30. The number of rotatable bonds is 8. The molecule has 5 nitrogen and oxygen atoms in total. The van der Waals surface area contributed by atoms with E-state index in [1.165, 1.54) is 6.08 Å². The minimum Gasteiger partial charge on any atom is -0.489 e. The lowest BCUT2D eigenvalue weighted by molar-refractivity contribution is -0.142. The summed E-state index contributed by atoms with van der Waals surface area (Å²) < 4.78 is 10.7. The maximum Gasteiger partial charge on any atom is 0.331 e. The largest absolute Gasteiger partial charge is 0.489 e. The molecule has 0 aliphatic heterocycles. The second-order valence-corrected chi connectivity index (χ2v) is 6.71. The van der Waals surface area contributed by atoms with Crippen LogP contribution in [0, 0.1) is 0 Å².